The molecule has 0 spiro atoms. The van der Waals surface area contributed by atoms with Crippen LogP contribution >= 0.6 is 11.3 Å². The fourth-order valence-electron chi connectivity index (χ4n) is 8.81. The van der Waals surface area contributed by atoms with Crippen LogP contribution in [0.2, 0.25) is 0 Å². The Morgan fingerprint density at radius 1 is 0.340 bits per heavy atom. The van der Waals surface area contributed by atoms with Gasteiger partial charge < -0.3 is 4.57 Å². The Kier molecular flexibility index (Phi) is 5.18. The molecule has 0 saturated heterocycles. The number of para-hydroxylation sites is 1. The van der Waals surface area contributed by atoms with Crippen LogP contribution in [-0.2, 0) is 0 Å². The standard InChI is InChI=1S/C48H27NS/c1-2-9-36-35(8-1)40-13-7-12-39-34(20-21-41(36)48(39)40)30-17-16-29-23-33(19-18-28(29)22-30)49-44-14-5-3-10-37(44)42-24-31-25-43-38-11-4-6-15-46(38)50-47(43)27-32(31)26-45(42)49/h1-27H. The van der Waals surface area contributed by atoms with Gasteiger partial charge in [-0.2, -0.15) is 0 Å². The van der Waals surface area contributed by atoms with Crippen molar-refractivity contribution in [3.63, 3.8) is 0 Å². The van der Waals surface area contributed by atoms with Crippen molar-refractivity contribution >= 4 is 85.6 Å². The van der Waals surface area contributed by atoms with Crippen LogP contribution in [0.25, 0.3) is 113 Å². The normalized spacial score (nSPS) is 12.4. The average Bonchev–Trinajstić information content (AvgIpc) is 3.81. The Hall–Kier alpha value is -6.22. The maximum Gasteiger partial charge on any atom is 0.0547 e. The molecular formula is C48H27NS. The molecule has 0 aliphatic heterocycles. The molecule has 1 nitrogen and oxygen atoms in total. The van der Waals surface area contributed by atoms with Crippen LogP contribution in [0.1, 0.15) is 0 Å². The van der Waals surface area contributed by atoms with E-state index in [2.05, 4.69) is 168 Å². The van der Waals surface area contributed by atoms with Crippen molar-refractivity contribution in [1.82, 2.24) is 4.57 Å². The predicted molar refractivity (Wildman–Crippen MR) is 216 cm³/mol. The number of nitrogens with zero attached hydrogens (tertiary/aromatic N) is 1. The third kappa shape index (κ3) is 3.56. The van der Waals surface area contributed by atoms with Crippen LogP contribution in [0.3, 0.4) is 0 Å². The van der Waals surface area contributed by atoms with Crippen LogP contribution in [-0.4, -0.2) is 4.57 Å². The van der Waals surface area contributed by atoms with Crippen molar-refractivity contribution in [3.05, 3.63) is 164 Å². The number of hydrogen-bond donors (Lipinski definition) is 0. The van der Waals surface area contributed by atoms with Crippen molar-refractivity contribution in [1.29, 1.82) is 0 Å². The van der Waals surface area contributed by atoms with E-state index in [0.717, 1.165) is 0 Å². The van der Waals surface area contributed by atoms with E-state index in [9.17, 15) is 0 Å². The first-order valence-corrected chi connectivity index (χ1v) is 18.1. The largest absolute Gasteiger partial charge is 0.309 e. The summed E-state index contributed by atoms with van der Waals surface area (Å²) in [5.41, 5.74) is 11.5. The minimum absolute atomic E-state index is 1.18. The van der Waals surface area contributed by atoms with Gasteiger partial charge in [-0.3, -0.25) is 0 Å². The summed E-state index contributed by atoms with van der Waals surface area (Å²) in [4.78, 5) is 0. The molecule has 11 aromatic rings. The van der Waals surface area contributed by atoms with Crippen molar-refractivity contribution < 1.29 is 0 Å². The number of hydrogen-bond acceptors (Lipinski definition) is 1. The fourth-order valence-corrected chi connectivity index (χ4v) is 9.95. The third-order valence-electron chi connectivity index (χ3n) is 11.1. The van der Waals surface area contributed by atoms with Gasteiger partial charge in [0.15, 0.2) is 0 Å². The number of fused-ring (bicyclic) bond motifs is 11. The molecule has 2 heterocycles. The van der Waals surface area contributed by atoms with Crippen LogP contribution in [0, 0.1) is 0 Å². The summed E-state index contributed by atoms with van der Waals surface area (Å²) in [5, 5.41) is 13.0. The molecule has 0 fully saturated rings. The smallest absolute Gasteiger partial charge is 0.0547 e. The zero-order chi connectivity index (χ0) is 32.5. The van der Waals surface area contributed by atoms with Gasteiger partial charge in [-0.15, -0.1) is 11.3 Å². The van der Waals surface area contributed by atoms with Crippen molar-refractivity contribution in [2.45, 2.75) is 0 Å². The summed E-state index contributed by atoms with van der Waals surface area (Å²) in [6, 6.07) is 61.3. The molecule has 0 radical (unpaired) electrons. The van der Waals surface area contributed by atoms with E-state index in [1.54, 1.807) is 0 Å². The zero-order valence-electron chi connectivity index (χ0n) is 26.9. The highest BCUT2D eigenvalue weighted by atomic mass is 32.1. The van der Waals surface area contributed by atoms with Crippen LogP contribution in [0.5, 0.6) is 0 Å². The number of aromatic nitrogens is 1. The summed E-state index contributed by atoms with van der Waals surface area (Å²) in [7, 11) is 0. The molecule has 0 atom stereocenters. The lowest BCUT2D eigenvalue weighted by Crippen LogP contribution is -1.94. The lowest BCUT2D eigenvalue weighted by Gasteiger charge is -2.12. The molecule has 2 aromatic heterocycles. The molecule has 1 aliphatic carbocycles. The second-order valence-corrected chi connectivity index (χ2v) is 14.8. The average molecular weight is 650 g/mol. The van der Waals surface area contributed by atoms with Crippen molar-refractivity contribution in [3.8, 4) is 39.1 Å². The summed E-state index contributed by atoms with van der Waals surface area (Å²) in [6.45, 7) is 0. The topological polar surface area (TPSA) is 4.93 Å². The van der Waals surface area contributed by atoms with Crippen LogP contribution in [0.15, 0.2) is 164 Å². The molecule has 230 valence electrons. The minimum Gasteiger partial charge on any atom is -0.309 e. The Balaban J connectivity index is 1.02. The first-order chi connectivity index (χ1) is 24.8. The molecular weight excluding hydrogens is 623 g/mol. The Morgan fingerprint density at radius 3 is 1.94 bits per heavy atom. The van der Waals surface area contributed by atoms with Gasteiger partial charge >= 0.3 is 0 Å². The second kappa shape index (κ2) is 9.69. The summed E-state index contributed by atoms with van der Waals surface area (Å²) in [5.74, 6) is 0. The van der Waals surface area contributed by atoms with Gasteiger partial charge in [0, 0.05) is 36.6 Å². The molecule has 1 aliphatic rings. The highest BCUT2D eigenvalue weighted by Gasteiger charge is 2.22. The molecule has 0 saturated carbocycles. The highest BCUT2D eigenvalue weighted by Crippen LogP contribution is 2.49. The monoisotopic (exact) mass is 649 g/mol. The van der Waals surface area contributed by atoms with E-state index in [-0.39, 0.29) is 0 Å². The second-order valence-electron chi connectivity index (χ2n) is 13.7. The first-order valence-electron chi connectivity index (χ1n) is 17.3. The van der Waals surface area contributed by atoms with Gasteiger partial charge in [0.25, 0.3) is 0 Å². The van der Waals surface area contributed by atoms with Gasteiger partial charge in [-0.05, 0) is 120 Å². The van der Waals surface area contributed by atoms with Crippen molar-refractivity contribution in [2.24, 2.45) is 0 Å². The number of benzene rings is 9. The van der Waals surface area contributed by atoms with E-state index >= 15 is 0 Å². The maximum atomic E-state index is 2.45. The minimum atomic E-state index is 1.18. The summed E-state index contributed by atoms with van der Waals surface area (Å²) in [6.07, 6.45) is 0. The first kappa shape index (κ1) is 26.7. The van der Waals surface area contributed by atoms with Crippen LogP contribution in [0.4, 0.5) is 0 Å². The van der Waals surface area contributed by atoms with E-state index in [1.165, 1.54) is 113 Å². The predicted octanol–water partition coefficient (Wildman–Crippen LogP) is 13.9. The van der Waals surface area contributed by atoms with Crippen molar-refractivity contribution in [2.75, 3.05) is 0 Å². The highest BCUT2D eigenvalue weighted by molar-refractivity contribution is 7.25. The lowest BCUT2D eigenvalue weighted by atomic mass is 9.93. The summed E-state index contributed by atoms with van der Waals surface area (Å²) < 4.78 is 5.14. The van der Waals surface area contributed by atoms with E-state index in [0.29, 0.717) is 0 Å². The SMILES string of the molecule is c1ccc2c(c1)-c1cccc3c(-c4ccc5cc(-n6c7ccccc7c7cc8cc9c(cc8cc76)sc6ccccc69)ccc5c4)ccc-2c13. The molecule has 9 aromatic carbocycles. The molecule has 12 rings (SSSR count). The fraction of sp³-hybridized carbons (Fsp3) is 0. The van der Waals surface area contributed by atoms with Gasteiger partial charge in [-0.25, -0.2) is 0 Å². The van der Waals surface area contributed by atoms with E-state index in [1.807, 2.05) is 11.3 Å². The Labute approximate surface area is 291 Å². The quantitative estimate of drug-likeness (QED) is 0.176. The number of rotatable bonds is 2. The van der Waals surface area contributed by atoms with Gasteiger partial charge in [0.2, 0.25) is 0 Å². The van der Waals surface area contributed by atoms with Gasteiger partial charge in [-0.1, -0.05) is 109 Å². The molecule has 0 bridgehead atoms. The van der Waals surface area contributed by atoms with E-state index in [4.69, 9.17) is 0 Å². The zero-order valence-corrected chi connectivity index (χ0v) is 27.8. The maximum absolute atomic E-state index is 2.45. The van der Waals surface area contributed by atoms with Gasteiger partial charge in [0.05, 0.1) is 11.0 Å². The summed E-state index contributed by atoms with van der Waals surface area (Å²) >= 11 is 1.88. The van der Waals surface area contributed by atoms with Gasteiger partial charge in [0.1, 0.15) is 0 Å². The number of thiophene rings is 1. The molecule has 0 amide bonds. The molecule has 0 N–H and O–H groups in total. The Morgan fingerprint density at radius 2 is 1.02 bits per heavy atom. The molecule has 0 unspecified atom stereocenters. The molecule has 50 heavy (non-hydrogen) atoms. The Bertz CT molecular complexity index is 3240. The van der Waals surface area contributed by atoms with E-state index < -0.39 is 0 Å². The van der Waals surface area contributed by atoms with Crippen LogP contribution < -0.4 is 0 Å². The molecule has 2 heteroatoms. The third-order valence-corrected chi connectivity index (χ3v) is 12.2. The lowest BCUT2D eigenvalue weighted by molar-refractivity contribution is 1.19.